The van der Waals surface area contributed by atoms with Crippen molar-refractivity contribution < 1.29 is 19.1 Å². The molecule has 0 aromatic carbocycles. The van der Waals surface area contributed by atoms with E-state index < -0.39 is 5.97 Å². The number of piperidine rings is 1. The van der Waals surface area contributed by atoms with Crippen molar-refractivity contribution in [2.75, 3.05) is 31.7 Å². The zero-order valence-corrected chi connectivity index (χ0v) is 13.4. The van der Waals surface area contributed by atoms with Gasteiger partial charge in [0.25, 0.3) is 0 Å². The van der Waals surface area contributed by atoms with E-state index in [4.69, 9.17) is 9.47 Å². The Balaban J connectivity index is 2.19. The van der Waals surface area contributed by atoms with Gasteiger partial charge in [-0.1, -0.05) is 11.3 Å². The number of ether oxygens (including phenoxy) is 2. The number of esters is 1. The first-order valence-corrected chi connectivity index (χ1v) is 7.85. The van der Waals surface area contributed by atoms with Gasteiger partial charge in [-0.3, -0.25) is 4.79 Å². The molecule has 1 aliphatic heterocycles. The van der Waals surface area contributed by atoms with Crippen molar-refractivity contribution in [1.82, 2.24) is 4.98 Å². The number of hydrogen-bond donors (Lipinski definition) is 0. The van der Waals surface area contributed by atoms with Crippen LogP contribution in [0.15, 0.2) is 0 Å². The van der Waals surface area contributed by atoms with Crippen LogP contribution in [0.1, 0.15) is 46.8 Å². The SMILES string of the molecule is CCOC(=O)c1nc(N2CCC(OC)CC2)sc1C(C)=O. The van der Waals surface area contributed by atoms with E-state index in [0.29, 0.717) is 10.0 Å². The molecule has 0 spiro atoms. The number of rotatable bonds is 5. The quantitative estimate of drug-likeness (QED) is 0.613. The van der Waals surface area contributed by atoms with E-state index in [9.17, 15) is 9.59 Å². The molecule has 2 rings (SSSR count). The molecule has 116 valence electrons. The standard InChI is InChI=1S/C14H20N2O4S/c1-4-20-13(18)11-12(9(2)17)21-14(15-11)16-7-5-10(19-3)6-8-16/h10H,4-8H2,1-3H3. The van der Waals surface area contributed by atoms with E-state index in [2.05, 4.69) is 9.88 Å². The fraction of sp³-hybridized carbons (Fsp3) is 0.643. The minimum absolute atomic E-state index is 0.137. The maximum Gasteiger partial charge on any atom is 0.358 e. The number of carbonyl (C=O) groups is 2. The molecular weight excluding hydrogens is 292 g/mol. The molecule has 7 heteroatoms. The molecule has 0 atom stereocenters. The predicted octanol–water partition coefficient (Wildman–Crippen LogP) is 2.14. The largest absolute Gasteiger partial charge is 0.461 e. The van der Waals surface area contributed by atoms with Crippen LogP contribution >= 0.6 is 11.3 Å². The van der Waals surface area contributed by atoms with Gasteiger partial charge in [0, 0.05) is 27.1 Å². The molecule has 0 saturated carbocycles. The zero-order valence-electron chi connectivity index (χ0n) is 12.5. The van der Waals surface area contributed by atoms with Gasteiger partial charge in [0.05, 0.1) is 12.7 Å². The van der Waals surface area contributed by atoms with Gasteiger partial charge in [0.15, 0.2) is 16.6 Å². The first-order chi connectivity index (χ1) is 10.1. The summed E-state index contributed by atoms with van der Waals surface area (Å²) in [4.78, 5) is 30.4. The van der Waals surface area contributed by atoms with Crippen LogP contribution in [-0.4, -0.2) is 49.6 Å². The molecule has 0 unspecified atom stereocenters. The average molecular weight is 312 g/mol. The van der Waals surface area contributed by atoms with E-state index in [0.717, 1.165) is 25.9 Å². The Kier molecular flexibility index (Phi) is 5.30. The summed E-state index contributed by atoms with van der Waals surface area (Å²) < 4.78 is 10.3. The molecule has 1 aliphatic rings. The van der Waals surface area contributed by atoms with Crippen LogP contribution in [0, 0.1) is 0 Å². The molecule has 0 radical (unpaired) electrons. The minimum Gasteiger partial charge on any atom is -0.461 e. The van der Waals surface area contributed by atoms with E-state index >= 15 is 0 Å². The molecule has 1 aromatic heterocycles. The average Bonchev–Trinajstić information content (AvgIpc) is 2.93. The van der Waals surface area contributed by atoms with Gasteiger partial charge in [-0.05, 0) is 19.8 Å². The van der Waals surface area contributed by atoms with Crippen LogP contribution in [-0.2, 0) is 9.47 Å². The van der Waals surface area contributed by atoms with Crippen LogP contribution in [0.3, 0.4) is 0 Å². The van der Waals surface area contributed by atoms with E-state index in [-0.39, 0.29) is 24.2 Å². The molecule has 2 heterocycles. The van der Waals surface area contributed by atoms with Crippen LogP contribution in [0.5, 0.6) is 0 Å². The van der Waals surface area contributed by atoms with Crippen molar-refractivity contribution in [3.63, 3.8) is 0 Å². The lowest BCUT2D eigenvalue weighted by atomic mass is 10.1. The lowest BCUT2D eigenvalue weighted by Gasteiger charge is -2.30. The number of hydrogen-bond acceptors (Lipinski definition) is 7. The second-order valence-electron chi connectivity index (χ2n) is 4.87. The Morgan fingerprint density at radius 1 is 1.38 bits per heavy atom. The molecule has 0 N–H and O–H groups in total. The smallest absolute Gasteiger partial charge is 0.358 e. The summed E-state index contributed by atoms with van der Waals surface area (Å²) >= 11 is 1.26. The third-order valence-corrected chi connectivity index (χ3v) is 4.67. The molecule has 6 nitrogen and oxygen atoms in total. The highest BCUT2D eigenvalue weighted by Crippen LogP contribution is 2.29. The van der Waals surface area contributed by atoms with Crippen molar-refractivity contribution in [2.45, 2.75) is 32.8 Å². The first-order valence-electron chi connectivity index (χ1n) is 7.03. The van der Waals surface area contributed by atoms with Gasteiger partial charge in [0.2, 0.25) is 0 Å². The molecule has 1 saturated heterocycles. The van der Waals surface area contributed by atoms with Gasteiger partial charge in [-0.2, -0.15) is 0 Å². The minimum atomic E-state index is -0.531. The molecule has 1 aromatic rings. The monoisotopic (exact) mass is 312 g/mol. The highest BCUT2D eigenvalue weighted by Gasteiger charge is 2.27. The van der Waals surface area contributed by atoms with Gasteiger partial charge < -0.3 is 14.4 Å². The summed E-state index contributed by atoms with van der Waals surface area (Å²) in [5.41, 5.74) is 0.137. The molecular formula is C14H20N2O4S. The van der Waals surface area contributed by atoms with Crippen molar-refractivity contribution in [1.29, 1.82) is 0 Å². The van der Waals surface area contributed by atoms with E-state index in [1.165, 1.54) is 18.3 Å². The maximum absolute atomic E-state index is 11.9. The third-order valence-electron chi connectivity index (χ3n) is 3.45. The Morgan fingerprint density at radius 2 is 2.05 bits per heavy atom. The maximum atomic E-state index is 11.9. The summed E-state index contributed by atoms with van der Waals surface area (Å²) in [5, 5.41) is 0.706. The second-order valence-corrected chi connectivity index (χ2v) is 5.85. The third kappa shape index (κ3) is 3.59. The predicted molar refractivity (Wildman–Crippen MR) is 80.3 cm³/mol. The second kappa shape index (κ2) is 7.00. The van der Waals surface area contributed by atoms with Gasteiger partial charge in [-0.25, -0.2) is 9.78 Å². The number of nitrogens with zero attached hydrogens (tertiary/aromatic N) is 2. The molecule has 0 amide bonds. The van der Waals surface area contributed by atoms with Gasteiger partial charge in [0.1, 0.15) is 4.88 Å². The number of anilines is 1. The molecule has 1 fully saturated rings. The molecule has 0 bridgehead atoms. The lowest BCUT2D eigenvalue weighted by Crippen LogP contribution is -2.36. The fourth-order valence-electron chi connectivity index (χ4n) is 2.30. The summed E-state index contributed by atoms with van der Waals surface area (Å²) in [7, 11) is 1.72. The number of aromatic nitrogens is 1. The highest BCUT2D eigenvalue weighted by atomic mass is 32.1. The Labute approximate surface area is 128 Å². The van der Waals surface area contributed by atoms with Crippen LogP contribution in [0.2, 0.25) is 0 Å². The van der Waals surface area contributed by atoms with Crippen LogP contribution in [0.4, 0.5) is 5.13 Å². The summed E-state index contributed by atoms with van der Waals surface area (Å²) in [6, 6.07) is 0. The summed E-state index contributed by atoms with van der Waals surface area (Å²) in [5.74, 6) is -0.689. The number of methoxy groups -OCH3 is 1. The number of carbonyl (C=O) groups excluding carboxylic acids is 2. The first kappa shape index (κ1) is 15.9. The van der Waals surface area contributed by atoms with Crippen molar-refractivity contribution in [2.24, 2.45) is 0 Å². The Morgan fingerprint density at radius 3 is 2.57 bits per heavy atom. The fourth-order valence-corrected chi connectivity index (χ4v) is 3.30. The number of Topliss-reactive ketones (excluding diaryl/α,β-unsaturated/α-hetero) is 1. The van der Waals surface area contributed by atoms with Crippen LogP contribution in [0.25, 0.3) is 0 Å². The van der Waals surface area contributed by atoms with Crippen LogP contribution < -0.4 is 4.90 Å². The Hall–Kier alpha value is -1.47. The van der Waals surface area contributed by atoms with Crippen molar-refractivity contribution in [3.8, 4) is 0 Å². The lowest BCUT2D eigenvalue weighted by molar-refractivity contribution is 0.0517. The Bertz CT molecular complexity index is 521. The zero-order chi connectivity index (χ0) is 15.4. The number of ketones is 1. The summed E-state index contributed by atoms with van der Waals surface area (Å²) in [6.45, 7) is 5.06. The molecule has 21 heavy (non-hydrogen) atoms. The van der Waals surface area contributed by atoms with E-state index in [1.807, 2.05) is 0 Å². The molecule has 0 aliphatic carbocycles. The van der Waals surface area contributed by atoms with Gasteiger partial charge in [-0.15, -0.1) is 0 Å². The number of thiazole rings is 1. The van der Waals surface area contributed by atoms with Gasteiger partial charge >= 0.3 is 5.97 Å². The topological polar surface area (TPSA) is 68.7 Å². The van der Waals surface area contributed by atoms with Crippen molar-refractivity contribution in [3.05, 3.63) is 10.6 Å². The van der Waals surface area contributed by atoms with E-state index in [1.54, 1.807) is 14.0 Å². The highest BCUT2D eigenvalue weighted by molar-refractivity contribution is 7.17. The summed E-state index contributed by atoms with van der Waals surface area (Å²) in [6.07, 6.45) is 2.11. The normalized spacial score (nSPS) is 16.0. The van der Waals surface area contributed by atoms with Crippen molar-refractivity contribution >= 4 is 28.2 Å².